The van der Waals surface area contributed by atoms with Gasteiger partial charge in [0.1, 0.15) is 6.04 Å². The molecule has 4 rings (SSSR count). The van der Waals surface area contributed by atoms with Crippen molar-refractivity contribution in [2.75, 3.05) is 13.2 Å². The number of allylic oxidation sites excluding steroid dienone is 2. The second-order valence-corrected chi connectivity index (χ2v) is 20.8. The van der Waals surface area contributed by atoms with Gasteiger partial charge < -0.3 is 20.4 Å². The van der Waals surface area contributed by atoms with Crippen LogP contribution in [0.25, 0.3) is 0 Å². The average molecular weight is 750 g/mol. The van der Waals surface area contributed by atoms with E-state index in [1.54, 1.807) is 6.08 Å². The van der Waals surface area contributed by atoms with Crippen molar-refractivity contribution in [3.05, 3.63) is 122 Å². The Balaban J connectivity index is 1.69. The number of amides is 3. The second-order valence-electron chi connectivity index (χ2n) is 16.5. The standard InChI is InChI=1S/C46H63N3O4Si/c1-8-10-14-23-37(32-36-21-15-11-16-22-36)42(50)49-41(31-35(3)4)43(51)48-38(33-46(28-9-2)29-30-47-44(46)52)34-53-54(45(5,6)7,39-24-17-12-18-25-39)40-26-19-13-20-27-40/h8-9,11-13,15-22,24-27,35,37-38,41H,1-2,10,14,23,28-34H2,3-7H3,(H,47,52)(H,48,51)(H,49,50)/t37?,38-,41-,46?/m0/s1. The van der Waals surface area contributed by atoms with Crippen molar-refractivity contribution in [3.8, 4) is 0 Å². The summed E-state index contributed by atoms with van der Waals surface area (Å²) in [6.45, 7) is 19.4. The third-order valence-electron chi connectivity index (χ3n) is 10.8. The third kappa shape index (κ3) is 10.9. The van der Waals surface area contributed by atoms with Gasteiger partial charge in [-0.1, -0.05) is 138 Å². The molecule has 290 valence electrons. The van der Waals surface area contributed by atoms with Crippen molar-refractivity contribution < 1.29 is 18.8 Å². The van der Waals surface area contributed by atoms with E-state index in [-0.39, 0.29) is 41.2 Å². The molecule has 4 atom stereocenters. The molecule has 3 aromatic rings. The number of carbonyl (C=O) groups excluding carboxylic acids is 3. The highest BCUT2D eigenvalue weighted by atomic mass is 28.4. The number of unbranched alkanes of at least 4 members (excludes halogenated alkanes) is 1. The van der Waals surface area contributed by atoms with E-state index in [4.69, 9.17) is 4.43 Å². The molecule has 8 heteroatoms. The summed E-state index contributed by atoms with van der Waals surface area (Å²) in [5, 5.41) is 11.6. The number of carbonyl (C=O) groups is 3. The average Bonchev–Trinajstić information content (AvgIpc) is 3.50. The van der Waals surface area contributed by atoms with Gasteiger partial charge in [-0.2, -0.15) is 0 Å². The first kappa shape index (κ1) is 42.5. The van der Waals surface area contributed by atoms with E-state index in [9.17, 15) is 14.4 Å². The van der Waals surface area contributed by atoms with Gasteiger partial charge in [-0.05, 0) is 78.3 Å². The molecule has 1 aliphatic heterocycles. The van der Waals surface area contributed by atoms with Gasteiger partial charge >= 0.3 is 0 Å². The Hall–Kier alpha value is -4.27. The summed E-state index contributed by atoms with van der Waals surface area (Å²) in [4.78, 5) is 42.1. The molecule has 3 amide bonds. The smallest absolute Gasteiger partial charge is 0.261 e. The normalized spacial score (nSPS) is 17.6. The SMILES string of the molecule is C=CCCCC(Cc1ccccc1)C(=O)N[C@@H](CC(C)C)C(=O)N[C@H](CO[Si](c1ccccc1)(c1ccccc1)C(C)(C)C)CC1(CC=C)CCNC1=O. The minimum absolute atomic E-state index is 0.0255. The molecule has 1 saturated heterocycles. The highest BCUT2D eigenvalue weighted by Gasteiger charge is 2.51. The molecule has 0 spiro atoms. The van der Waals surface area contributed by atoms with Crippen molar-refractivity contribution >= 4 is 36.4 Å². The molecule has 0 bridgehead atoms. The molecule has 1 aliphatic rings. The van der Waals surface area contributed by atoms with Crippen LogP contribution in [-0.4, -0.2) is 51.3 Å². The molecule has 7 nitrogen and oxygen atoms in total. The molecule has 0 aromatic heterocycles. The van der Waals surface area contributed by atoms with Gasteiger partial charge in [0.25, 0.3) is 8.32 Å². The zero-order chi connectivity index (χ0) is 39.2. The van der Waals surface area contributed by atoms with Crippen molar-refractivity contribution in [3.63, 3.8) is 0 Å². The number of rotatable bonds is 21. The van der Waals surface area contributed by atoms with Crippen molar-refractivity contribution in [2.45, 2.75) is 103 Å². The van der Waals surface area contributed by atoms with Gasteiger partial charge in [0.2, 0.25) is 17.7 Å². The summed E-state index contributed by atoms with van der Waals surface area (Å²) < 4.78 is 7.37. The van der Waals surface area contributed by atoms with Gasteiger partial charge in [-0.25, -0.2) is 0 Å². The van der Waals surface area contributed by atoms with Crippen LogP contribution in [0.4, 0.5) is 0 Å². The predicted molar refractivity (Wildman–Crippen MR) is 224 cm³/mol. The molecule has 3 N–H and O–H groups in total. The summed E-state index contributed by atoms with van der Waals surface area (Å²) >= 11 is 0. The molecule has 0 radical (unpaired) electrons. The van der Waals surface area contributed by atoms with Crippen LogP contribution in [0.3, 0.4) is 0 Å². The highest BCUT2D eigenvalue weighted by molar-refractivity contribution is 6.99. The Morgan fingerprint density at radius 1 is 0.889 bits per heavy atom. The van der Waals surface area contributed by atoms with Gasteiger partial charge in [0.15, 0.2) is 0 Å². The van der Waals surface area contributed by atoms with Crippen LogP contribution in [0.15, 0.2) is 116 Å². The maximum atomic E-state index is 14.5. The van der Waals surface area contributed by atoms with Crippen LogP contribution in [0.5, 0.6) is 0 Å². The zero-order valence-electron chi connectivity index (χ0n) is 33.2. The Labute approximate surface area is 325 Å². The minimum atomic E-state index is -2.98. The lowest BCUT2D eigenvalue weighted by molar-refractivity contribution is -0.132. The molecule has 2 unspecified atom stereocenters. The first-order chi connectivity index (χ1) is 25.8. The first-order valence-electron chi connectivity index (χ1n) is 19.7. The molecular formula is C46H63N3O4Si. The van der Waals surface area contributed by atoms with E-state index in [0.717, 1.165) is 28.8 Å². The number of hydrogen-bond acceptors (Lipinski definition) is 4. The fourth-order valence-corrected chi connectivity index (χ4v) is 12.7. The quantitative estimate of drug-likeness (QED) is 0.0607. The maximum Gasteiger partial charge on any atom is 0.261 e. The molecular weight excluding hydrogens is 687 g/mol. The fourth-order valence-electron chi connectivity index (χ4n) is 8.10. The zero-order valence-corrected chi connectivity index (χ0v) is 34.2. The number of hydrogen-bond donors (Lipinski definition) is 3. The largest absolute Gasteiger partial charge is 0.405 e. The fraction of sp³-hybridized carbons (Fsp3) is 0.457. The van der Waals surface area contributed by atoms with Crippen LogP contribution < -0.4 is 26.3 Å². The second kappa shape index (κ2) is 19.9. The highest BCUT2D eigenvalue weighted by Crippen LogP contribution is 2.39. The van der Waals surface area contributed by atoms with E-state index in [1.807, 2.05) is 48.5 Å². The van der Waals surface area contributed by atoms with E-state index < -0.39 is 25.8 Å². The number of benzene rings is 3. The van der Waals surface area contributed by atoms with Crippen LogP contribution >= 0.6 is 0 Å². The predicted octanol–water partition coefficient (Wildman–Crippen LogP) is 7.27. The van der Waals surface area contributed by atoms with E-state index in [0.29, 0.717) is 45.1 Å². The lowest BCUT2D eigenvalue weighted by Gasteiger charge is -2.44. The minimum Gasteiger partial charge on any atom is -0.405 e. The van der Waals surface area contributed by atoms with Gasteiger partial charge in [-0.15, -0.1) is 13.2 Å². The monoisotopic (exact) mass is 749 g/mol. The lowest BCUT2D eigenvalue weighted by atomic mass is 9.77. The lowest BCUT2D eigenvalue weighted by Crippen LogP contribution is -2.67. The molecule has 1 fully saturated rings. The summed E-state index contributed by atoms with van der Waals surface area (Å²) in [5.74, 6) is -0.551. The van der Waals surface area contributed by atoms with Crippen LogP contribution in [-0.2, 0) is 25.2 Å². The van der Waals surface area contributed by atoms with Crippen LogP contribution in [0, 0.1) is 17.3 Å². The van der Waals surface area contributed by atoms with E-state index in [1.165, 1.54) is 0 Å². The Kier molecular flexibility index (Phi) is 15.6. The summed E-state index contributed by atoms with van der Waals surface area (Å²) in [6, 6.07) is 29.6. The molecule has 0 saturated carbocycles. The van der Waals surface area contributed by atoms with Crippen molar-refractivity contribution in [1.29, 1.82) is 0 Å². The number of nitrogens with one attached hydrogen (secondary N) is 3. The molecule has 0 aliphatic carbocycles. The topological polar surface area (TPSA) is 96.5 Å². The van der Waals surface area contributed by atoms with Crippen molar-refractivity contribution in [2.24, 2.45) is 17.3 Å². The molecule has 54 heavy (non-hydrogen) atoms. The van der Waals surface area contributed by atoms with Crippen LogP contribution in [0.2, 0.25) is 5.04 Å². The molecule has 3 aromatic carbocycles. The van der Waals surface area contributed by atoms with Crippen LogP contribution in [0.1, 0.15) is 85.1 Å². The van der Waals surface area contributed by atoms with E-state index >= 15 is 0 Å². The molecule has 1 heterocycles. The Morgan fingerprint density at radius 3 is 1.98 bits per heavy atom. The Morgan fingerprint density at radius 2 is 1.48 bits per heavy atom. The Bertz CT molecular complexity index is 1620. The van der Waals surface area contributed by atoms with Gasteiger partial charge in [0, 0.05) is 12.5 Å². The van der Waals surface area contributed by atoms with Crippen molar-refractivity contribution in [1.82, 2.24) is 16.0 Å². The summed E-state index contributed by atoms with van der Waals surface area (Å²) in [6.07, 6.45) is 8.61. The first-order valence-corrected chi connectivity index (χ1v) is 21.7. The van der Waals surface area contributed by atoms with E-state index in [2.05, 4.69) is 112 Å². The summed E-state index contributed by atoms with van der Waals surface area (Å²) in [5.41, 5.74) is 0.362. The maximum absolute atomic E-state index is 14.5. The third-order valence-corrected chi connectivity index (χ3v) is 15.8. The van der Waals surface area contributed by atoms with Gasteiger partial charge in [-0.3, -0.25) is 14.4 Å². The van der Waals surface area contributed by atoms with Gasteiger partial charge in [0.05, 0.1) is 18.1 Å². The summed E-state index contributed by atoms with van der Waals surface area (Å²) in [7, 11) is -2.98.